The number of halogens is 1. The van der Waals surface area contributed by atoms with Crippen molar-refractivity contribution in [3.8, 4) is 0 Å². The van der Waals surface area contributed by atoms with E-state index in [1.165, 1.54) is 25.0 Å². The molecule has 1 N–H and O–H groups in total. The monoisotopic (exact) mass is 301 g/mol. The van der Waals surface area contributed by atoms with Gasteiger partial charge in [0.05, 0.1) is 10.6 Å². The van der Waals surface area contributed by atoms with Crippen LogP contribution >= 0.6 is 36.0 Å². The minimum absolute atomic E-state index is 0.109. The second-order valence-electron chi connectivity index (χ2n) is 4.36. The van der Waals surface area contributed by atoms with Crippen molar-refractivity contribution in [2.24, 2.45) is 0 Å². The summed E-state index contributed by atoms with van der Waals surface area (Å²) in [5.41, 5.74) is 0.505. The third-order valence-electron chi connectivity index (χ3n) is 2.96. The van der Waals surface area contributed by atoms with E-state index in [0.717, 1.165) is 11.4 Å². The van der Waals surface area contributed by atoms with Crippen LogP contribution in [-0.4, -0.2) is 23.5 Å². The van der Waals surface area contributed by atoms with Crippen LogP contribution in [0.25, 0.3) is 0 Å². The van der Waals surface area contributed by atoms with Crippen LogP contribution in [0.15, 0.2) is 23.1 Å². The number of hydrogen-bond donors (Lipinski definition) is 2. The summed E-state index contributed by atoms with van der Waals surface area (Å²) in [5.74, 6) is 1.09. The first kappa shape index (κ1) is 14.1. The molecule has 0 radical (unpaired) electrons. The summed E-state index contributed by atoms with van der Waals surface area (Å²) in [4.78, 5) is 12.8. The van der Waals surface area contributed by atoms with E-state index in [4.69, 9.17) is 11.6 Å². The summed E-state index contributed by atoms with van der Waals surface area (Å²) in [6, 6.07) is 5.18. The molecular formula is C13H16ClNOS2. The van der Waals surface area contributed by atoms with Gasteiger partial charge in [0, 0.05) is 16.7 Å². The molecule has 18 heavy (non-hydrogen) atoms. The molecule has 0 spiro atoms. The standard InChI is InChI=1S/C13H16ClNOS2/c14-12-5-4-9(17)7-11(12)13(16)15-8-10-3-1-2-6-18-10/h4-5,7,10,17H,1-3,6,8H2,(H,15,16). The van der Waals surface area contributed by atoms with E-state index < -0.39 is 0 Å². The lowest BCUT2D eigenvalue weighted by molar-refractivity contribution is 0.0953. The Morgan fingerprint density at radius 3 is 3.06 bits per heavy atom. The molecule has 1 heterocycles. The van der Waals surface area contributed by atoms with Crippen LogP contribution in [0.3, 0.4) is 0 Å². The van der Waals surface area contributed by atoms with E-state index >= 15 is 0 Å². The van der Waals surface area contributed by atoms with E-state index in [9.17, 15) is 4.79 Å². The highest BCUT2D eigenvalue weighted by Gasteiger charge is 2.16. The molecule has 1 aromatic carbocycles. The van der Waals surface area contributed by atoms with Gasteiger partial charge in [-0.25, -0.2) is 0 Å². The van der Waals surface area contributed by atoms with Gasteiger partial charge in [0.2, 0.25) is 0 Å². The van der Waals surface area contributed by atoms with Gasteiger partial charge in [-0.3, -0.25) is 4.79 Å². The molecular weight excluding hydrogens is 286 g/mol. The van der Waals surface area contributed by atoms with Gasteiger partial charge < -0.3 is 5.32 Å². The Labute approximate surface area is 122 Å². The molecule has 0 aliphatic carbocycles. The molecule has 1 unspecified atom stereocenters. The number of carbonyl (C=O) groups excluding carboxylic acids is 1. The Balaban J connectivity index is 1.92. The first-order valence-electron chi connectivity index (χ1n) is 6.05. The number of hydrogen-bond acceptors (Lipinski definition) is 3. The number of rotatable bonds is 3. The molecule has 1 atom stereocenters. The molecule has 2 nitrogen and oxygen atoms in total. The van der Waals surface area contributed by atoms with Crippen LogP contribution in [0.4, 0.5) is 0 Å². The van der Waals surface area contributed by atoms with E-state index in [1.54, 1.807) is 18.2 Å². The van der Waals surface area contributed by atoms with Gasteiger partial charge in [0.1, 0.15) is 0 Å². The molecule has 1 aliphatic rings. The number of amides is 1. The van der Waals surface area contributed by atoms with Crippen molar-refractivity contribution in [1.82, 2.24) is 5.32 Å². The molecule has 98 valence electrons. The lowest BCUT2D eigenvalue weighted by Gasteiger charge is -2.21. The molecule has 1 aliphatic heterocycles. The fraction of sp³-hybridized carbons (Fsp3) is 0.462. The molecule has 1 amide bonds. The quantitative estimate of drug-likeness (QED) is 0.835. The van der Waals surface area contributed by atoms with Gasteiger partial charge in [-0.2, -0.15) is 11.8 Å². The molecule has 1 aromatic rings. The number of nitrogens with one attached hydrogen (secondary N) is 1. The zero-order chi connectivity index (χ0) is 13.0. The summed E-state index contributed by atoms with van der Waals surface area (Å²) < 4.78 is 0. The van der Waals surface area contributed by atoms with Gasteiger partial charge >= 0.3 is 0 Å². The summed E-state index contributed by atoms with van der Waals surface area (Å²) in [7, 11) is 0. The van der Waals surface area contributed by atoms with Gasteiger partial charge in [0.15, 0.2) is 0 Å². The van der Waals surface area contributed by atoms with E-state index in [2.05, 4.69) is 17.9 Å². The fourth-order valence-corrected chi connectivity index (χ4v) is 3.60. The average molecular weight is 302 g/mol. The number of carbonyl (C=O) groups is 1. The highest BCUT2D eigenvalue weighted by molar-refractivity contribution is 7.99. The maximum Gasteiger partial charge on any atom is 0.252 e. The van der Waals surface area contributed by atoms with Crippen LogP contribution in [0.2, 0.25) is 5.02 Å². The Morgan fingerprint density at radius 1 is 1.50 bits per heavy atom. The summed E-state index contributed by atoms with van der Waals surface area (Å²) >= 11 is 12.2. The van der Waals surface area contributed by atoms with E-state index in [0.29, 0.717) is 15.8 Å². The zero-order valence-corrected chi connectivity index (χ0v) is 12.5. The van der Waals surface area contributed by atoms with Crippen molar-refractivity contribution >= 4 is 41.9 Å². The number of thioether (sulfide) groups is 1. The van der Waals surface area contributed by atoms with Crippen molar-refractivity contribution in [2.45, 2.75) is 29.4 Å². The maximum atomic E-state index is 12.0. The predicted octanol–water partition coefficient (Wildman–Crippen LogP) is 3.64. The van der Waals surface area contributed by atoms with Gasteiger partial charge in [-0.1, -0.05) is 18.0 Å². The second-order valence-corrected chi connectivity index (χ2v) is 6.69. The predicted molar refractivity (Wildman–Crippen MR) is 81.1 cm³/mol. The Hall–Kier alpha value is -0.320. The Bertz CT molecular complexity index is 433. The van der Waals surface area contributed by atoms with Crippen molar-refractivity contribution in [1.29, 1.82) is 0 Å². The van der Waals surface area contributed by atoms with Gasteiger partial charge in [0.25, 0.3) is 5.91 Å². The van der Waals surface area contributed by atoms with Gasteiger partial charge in [-0.05, 0) is 36.8 Å². The molecule has 2 rings (SSSR count). The largest absolute Gasteiger partial charge is 0.351 e. The molecule has 0 saturated carbocycles. The van der Waals surface area contributed by atoms with Crippen LogP contribution < -0.4 is 5.32 Å². The van der Waals surface area contributed by atoms with Crippen LogP contribution in [0.5, 0.6) is 0 Å². The van der Waals surface area contributed by atoms with Crippen LogP contribution in [0, 0.1) is 0 Å². The Kier molecular flexibility index (Phi) is 5.27. The minimum atomic E-state index is -0.109. The van der Waals surface area contributed by atoms with Gasteiger partial charge in [-0.15, -0.1) is 12.6 Å². The maximum absolute atomic E-state index is 12.0. The summed E-state index contributed by atoms with van der Waals surface area (Å²) in [6.45, 7) is 0.719. The summed E-state index contributed by atoms with van der Waals surface area (Å²) in [5, 5.41) is 3.97. The Morgan fingerprint density at radius 2 is 2.33 bits per heavy atom. The number of benzene rings is 1. The molecule has 0 bridgehead atoms. The average Bonchev–Trinajstić information content (AvgIpc) is 2.40. The first-order chi connectivity index (χ1) is 8.66. The third kappa shape index (κ3) is 3.84. The first-order valence-corrected chi connectivity index (χ1v) is 7.92. The smallest absolute Gasteiger partial charge is 0.252 e. The topological polar surface area (TPSA) is 29.1 Å². The molecule has 0 aromatic heterocycles. The van der Waals surface area contributed by atoms with E-state index in [1.807, 2.05) is 11.8 Å². The fourth-order valence-electron chi connectivity index (χ4n) is 1.96. The normalized spacial score (nSPS) is 19.6. The van der Waals surface area contributed by atoms with Crippen molar-refractivity contribution in [2.75, 3.05) is 12.3 Å². The summed E-state index contributed by atoms with van der Waals surface area (Å²) in [6.07, 6.45) is 3.74. The van der Waals surface area contributed by atoms with Crippen LogP contribution in [0.1, 0.15) is 29.6 Å². The van der Waals surface area contributed by atoms with Crippen molar-refractivity contribution < 1.29 is 4.79 Å². The highest BCUT2D eigenvalue weighted by Crippen LogP contribution is 2.24. The molecule has 5 heteroatoms. The van der Waals surface area contributed by atoms with Crippen LogP contribution in [-0.2, 0) is 0 Å². The zero-order valence-electron chi connectivity index (χ0n) is 9.99. The number of thiol groups is 1. The highest BCUT2D eigenvalue weighted by atomic mass is 35.5. The SMILES string of the molecule is O=C(NCC1CCCCS1)c1cc(S)ccc1Cl. The third-order valence-corrected chi connectivity index (χ3v) is 4.96. The molecule has 1 saturated heterocycles. The van der Waals surface area contributed by atoms with Crippen molar-refractivity contribution in [3.05, 3.63) is 28.8 Å². The second kappa shape index (κ2) is 6.73. The van der Waals surface area contributed by atoms with E-state index in [-0.39, 0.29) is 5.91 Å². The lowest BCUT2D eigenvalue weighted by atomic mass is 10.1. The minimum Gasteiger partial charge on any atom is -0.351 e. The lowest BCUT2D eigenvalue weighted by Crippen LogP contribution is -2.32. The molecule has 1 fully saturated rings. The van der Waals surface area contributed by atoms with Crippen molar-refractivity contribution in [3.63, 3.8) is 0 Å².